The Balaban J connectivity index is 3.35. The number of nitrogens with two attached hydrogens (primary N) is 1. The molecule has 0 amide bonds. The standard InChI is InChI=1S/C14H24N2O2/c1-9-6-10(2)13(12(7-9)18-5)14(16(3)4)11(17)8-15/h6-7,11,14,17H,8,15H2,1-5H3. The highest BCUT2D eigenvalue weighted by Gasteiger charge is 2.27. The van der Waals surface area contributed by atoms with Crippen LogP contribution in [-0.2, 0) is 0 Å². The number of methoxy groups -OCH3 is 1. The highest BCUT2D eigenvalue weighted by molar-refractivity contribution is 5.45. The monoisotopic (exact) mass is 252 g/mol. The second-order valence-corrected chi connectivity index (χ2v) is 4.91. The molecule has 3 N–H and O–H groups in total. The quantitative estimate of drug-likeness (QED) is 0.827. The highest BCUT2D eigenvalue weighted by atomic mass is 16.5. The summed E-state index contributed by atoms with van der Waals surface area (Å²) in [6.45, 7) is 4.28. The SMILES string of the molecule is COc1cc(C)cc(C)c1C(C(O)CN)N(C)C. The molecule has 0 spiro atoms. The van der Waals surface area contributed by atoms with Crippen LogP contribution in [0.15, 0.2) is 12.1 Å². The van der Waals surface area contributed by atoms with Crippen molar-refractivity contribution in [1.29, 1.82) is 0 Å². The first-order valence-electron chi connectivity index (χ1n) is 6.12. The smallest absolute Gasteiger partial charge is 0.124 e. The van der Waals surface area contributed by atoms with Crippen LogP contribution in [0.4, 0.5) is 0 Å². The maximum absolute atomic E-state index is 10.1. The van der Waals surface area contributed by atoms with E-state index in [1.54, 1.807) is 7.11 Å². The van der Waals surface area contributed by atoms with Gasteiger partial charge in [-0.1, -0.05) is 6.07 Å². The zero-order chi connectivity index (χ0) is 13.9. The van der Waals surface area contributed by atoms with E-state index >= 15 is 0 Å². The number of nitrogens with zero attached hydrogens (tertiary/aromatic N) is 1. The first-order valence-corrected chi connectivity index (χ1v) is 6.12. The fourth-order valence-corrected chi connectivity index (χ4v) is 2.41. The molecular weight excluding hydrogens is 228 g/mol. The summed E-state index contributed by atoms with van der Waals surface area (Å²) < 4.78 is 5.45. The zero-order valence-corrected chi connectivity index (χ0v) is 11.9. The van der Waals surface area contributed by atoms with Gasteiger partial charge in [-0.25, -0.2) is 0 Å². The molecule has 0 radical (unpaired) electrons. The molecule has 0 aliphatic rings. The summed E-state index contributed by atoms with van der Waals surface area (Å²) in [6, 6.07) is 3.92. The van der Waals surface area contributed by atoms with Crippen molar-refractivity contribution in [1.82, 2.24) is 4.90 Å². The Labute approximate surface area is 109 Å². The molecule has 0 heterocycles. The van der Waals surface area contributed by atoms with Crippen LogP contribution < -0.4 is 10.5 Å². The summed E-state index contributed by atoms with van der Waals surface area (Å²) >= 11 is 0. The molecule has 1 aromatic carbocycles. The average Bonchev–Trinajstić information content (AvgIpc) is 2.30. The molecule has 0 aliphatic heterocycles. The van der Waals surface area contributed by atoms with Crippen molar-refractivity contribution in [3.63, 3.8) is 0 Å². The van der Waals surface area contributed by atoms with Crippen LogP contribution in [0.3, 0.4) is 0 Å². The molecule has 1 aromatic rings. The van der Waals surface area contributed by atoms with Crippen molar-refractivity contribution in [2.45, 2.75) is 26.0 Å². The second-order valence-electron chi connectivity index (χ2n) is 4.91. The minimum atomic E-state index is -0.615. The molecule has 0 aliphatic carbocycles. The number of rotatable bonds is 5. The van der Waals surface area contributed by atoms with Crippen molar-refractivity contribution in [2.75, 3.05) is 27.7 Å². The van der Waals surface area contributed by atoms with Gasteiger partial charge in [-0.15, -0.1) is 0 Å². The third-order valence-corrected chi connectivity index (χ3v) is 3.17. The molecule has 0 fully saturated rings. The van der Waals surface area contributed by atoms with Crippen LogP contribution in [0.25, 0.3) is 0 Å². The van der Waals surface area contributed by atoms with Crippen LogP contribution in [0.1, 0.15) is 22.7 Å². The number of aliphatic hydroxyl groups is 1. The number of aryl methyl sites for hydroxylation is 2. The first-order chi connectivity index (χ1) is 8.42. The third-order valence-electron chi connectivity index (χ3n) is 3.17. The summed E-state index contributed by atoms with van der Waals surface area (Å²) in [4.78, 5) is 1.97. The Hall–Kier alpha value is -1.10. The van der Waals surface area contributed by atoms with Crippen LogP contribution in [0.2, 0.25) is 0 Å². The number of ether oxygens (including phenoxy) is 1. The lowest BCUT2D eigenvalue weighted by Gasteiger charge is -2.31. The molecular formula is C14H24N2O2. The van der Waals surface area contributed by atoms with Crippen molar-refractivity contribution in [3.8, 4) is 5.75 Å². The van der Waals surface area contributed by atoms with Gasteiger partial charge >= 0.3 is 0 Å². The predicted molar refractivity (Wildman–Crippen MR) is 74.0 cm³/mol. The van der Waals surface area contributed by atoms with Crippen molar-refractivity contribution >= 4 is 0 Å². The summed E-state index contributed by atoms with van der Waals surface area (Å²) in [5.41, 5.74) is 8.86. The van der Waals surface area contributed by atoms with Gasteiger partial charge in [0.15, 0.2) is 0 Å². The summed E-state index contributed by atoms with van der Waals surface area (Å²) in [5.74, 6) is 0.804. The summed E-state index contributed by atoms with van der Waals surface area (Å²) in [5, 5.41) is 10.1. The molecule has 18 heavy (non-hydrogen) atoms. The highest BCUT2D eigenvalue weighted by Crippen LogP contribution is 2.34. The first kappa shape index (κ1) is 15.0. The number of likely N-dealkylation sites (N-methyl/N-ethyl adjacent to an activating group) is 1. The van der Waals surface area contributed by atoms with Crippen molar-refractivity contribution < 1.29 is 9.84 Å². The van der Waals surface area contributed by atoms with Gasteiger partial charge < -0.3 is 15.6 Å². The van der Waals surface area contributed by atoms with Crippen LogP contribution in [0, 0.1) is 13.8 Å². The molecule has 1 rings (SSSR count). The van der Waals surface area contributed by atoms with Crippen molar-refractivity contribution in [3.05, 3.63) is 28.8 Å². The lowest BCUT2D eigenvalue weighted by Crippen LogP contribution is -2.36. The normalized spacial score (nSPS) is 14.7. The Morgan fingerprint density at radius 2 is 1.94 bits per heavy atom. The van der Waals surface area contributed by atoms with Crippen LogP contribution in [-0.4, -0.2) is 43.9 Å². The molecule has 0 saturated carbocycles. The second kappa shape index (κ2) is 6.18. The van der Waals surface area contributed by atoms with E-state index in [0.717, 1.165) is 22.4 Å². The minimum absolute atomic E-state index is 0.162. The Morgan fingerprint density at radius 3 is 2.39 bits per heavy atom. The maximum Gasteiger partial charge on any atom is 0.124 e. The van der Waals surface area contributed by atoms with Gasteiger partial charge in [0.1, 0.15) is 5.75 Å². The molecule has 0 bridgehead atoms. The molecule has 2 atom stereocenters. The molecule has 0 saturated heterocycles. The van der Waals surface area contributed by atoms with E-state index in [1.807, 2.05) is 38.9 Å². The van der Waals surface area contributed by atoms with E-state index < -0.39 is 6.10 Å². The number of aliphatic hydroxyl groups excluding tert-OH is 1. The van der Waals surface area contributed by atoms with Gasteiger partial charge in [0.2, 0.25) is 0 Å². The Kier molecular flexibility index (Phi) is 5.14. The molecule has 0 aromatic heterocycles. The minimum Gasteiger partial charge on any atom is -0.496 e. The van der Waals surface area contributed by atoms with Gasteiger partial charge in [-0.3, -0.25) is 4.90 Å². The van der Waals surface area contributed by atoms with Crippen molar-refractivity contribution in [2.24, 2.45) is 5.73 Å². The van der Waals surface area contributed by atoms with Gasteiger partial charge in [-0.05, 0) is 45.1 Å². The third kappa shape index (κ3) is 3.02. The number of hydrogen-bond donors (Lipinski definition) is 2. The predicted octanol–water partition coefficient (Wildman–Crippen LogP) is 1.23. The number of hydrogen-bond acceptors (Lipinski definition) is 4. The maximum atomic E-state index is 10.1. The van der Waals surface area contributed by atoms with E-state index in [0.29, 0.717) is 0 Å². The number of benzene rings is 1. The average molecular weight is 252 g/mol. The summed E-state index contributed by atoms with van der Waals surface area (Å²) in [6.07, 6.45) is -0.615. The Morgan fingerprint density at radius 1 is 1.33 bits per heavy atom. The van der Waals surface area contributed by atoms with Gasteiger partial charge in [-0.2, -0.15) is 0 Å². The van der Waals surface area contributed by atoms with E-state index in [1.165, 1.54) is 0 Å². The summed E-state index contributed by atoms with van der Waals surface area (Å²) in [7, 11) is 5.52. The molecule has 4 nitrogen and oxygen atoms in total. The lowest BCUT2D eigenvalue weighted by atomic mass is 9.93. The van der Waals surface area contributed by atoms with Gasteiger partial charge in [0.25, 0.3) is 0 Å². The van der Waals surface area contributed by atoms with E-state index in [-0.39, 0.29) is 12.6 Å². The largest absolute Gasteiger partial charge is 0.496 e. The Bertz CT molecular complexity index is 405. The fraction of sp³-hybridized carbons (Fsp3) is 0.571. The molecule has 2 unspecified atom stereocenters. The van der Waals surface area contributed by atoms with Gasteiger partial charge in [0, 0.05) is 12.1 Å². The zero-order valence-electron chi connectivity index (χ0n) is 11.9. The van der Waals surface area contributed by atoms with Crippen LogP contribution >= 0.6 is 0 Å². The lowest BCUT2D eigenvalue weighted by molar-refractivity contribution is 0.0804. The van der Waals surface area contributed by atoms with E-state index in [4.69, 9.17) is 10.5 Å². The topological polar surface area (TPSA) is 58.7 Å². The van der Waals surface area contributed by atoms with E-state index in [2.05, 4.69) is 6.07 Å². The molecule has 4 heteroatoms. The van der Waals surface area contributed by atoms with Crippen LogP contribution in [0.5, 0.6) is 5.75 Å². The van der Waals surface area contributed by atoms with Gasteiger partial charge in [0.05, 0.1) is 19.3 Å². The molecule has 102 valence electrons. The fourth-order valence-electron chi connectivity index (χ4n) is 2.41. The van der Waals surface area contributed by atoms with E-state index in [9.17, 15) is 5.11 Å².